The molecule has 0 aliphatic carbocycles. The number of rotatable bonds is 4. The Labute approximate surface area is 109 Å². The van der Waals surface area contributed by atoms with Crippen molar-refractivity contribution in [1.29, 1.82) is 0 Å². The largest absolute Gasteiger partial charge is 0.324 e. The van der Waals surface area contributed by atoms with E-state index in [4.69, 9.17) is 0 Å². The molecule has 0 atom stereocenters. The Bertz CT molecular complexity index is 595. The Morgan fingerprint density at radius 2 is 2.16 bits per heavy atom. The summed E-state index contributed by atoms with van der Waals surface area (Å²) in [6.45, 7) is 2.26. The van der Waals surface area contributed by atoms with Gasteiger partial charge in [-0.15, -0.1) is 0 Å². The van der Waals surface area contributed by atoms with E-state index in [1.165, 1.54) is 6.07 Å². The molecular formula is C13H13F2N3O. The first-order valence-corrected chi connectivity index (χ1v) is 5.79. The van der Waals surface area contributed by atoms with Crippen LogP contribution < -0.4 is 5.32 Å². The van der Waals surface area contributed by atoms with Crippen molar-refractivity contribution in [3.05, 3.63) is 47.8 Å². The monoisotopic (exact) mass is 265 g/mol. The number of benzene rings is 1. The van der Waals surface area contributed by atoms with E-state index in [0.29, 0.717) is 6.54 Å². The highest BCUT2D eigenvalue weighted by Gasteiger charge is 2.08. The third-order valence-corrected chi connectivity index (χ3v) is 2.55. The number of nitrogens with one attached hydrogen (secondary N) is 1. The van der Waals surface area contributed by atoms with E-state index in [0.717, 1.165) is 17.8 Å². The van der Waals surface area contributed by atoms with E-state index >= 15 is 0 Å². The van der Waals surface area contributed by atoms with E-state index in [1.807, 2.05) is 13.0 Å². The van der Waals surface area contributed by atoms with Gasteiger partial charge in [0, 0.05) is 25.2 Å². The molecule has 0 aliphatic rings. The zero-order valence-corrected chi connectivity index (χ0v) is 10.4. The van der Waals surface area contributed by atoms with Crippen LogP contribution >= 0.6 is 0 Å². The molecule has 0 saturated heterocycles. The number of amides is 1. The first-order chi connectivity index (χ1) is 9.04. The van der Waals surface area contributed by atoms with Crippen molar-refractivity contribution in [2.75, 3.05) is 5.32 Å². The summed E-state index contributed by atoms with van der Waals surface area (Å²) < 4.78 is 27.6. The fourth-order valence-corrected chi connectivity index (χ4v) is 1.61. The Morgan fingerprint density at radius 1 is 1.37 bits per heavy atom. The highest BCUT2D eigenvalue weighted by Crippen LogP contribution is 2.15. The summed E-state index contributed by atoms with van der Waals surface area (Å²) in [5.41, 5.74) is 0.841. The van der Waals surface area contributed by atoms with Crippen LogP contribution in [0.3, 0.4) is 0 Å². The molecule has 1 aromatic carbocycles. The van der Waals surface area contributed by atoms with Crippen molar-refractivity contribution in [2.24, 2.45) is 0 Å². The van der Waals surface area contributed by atoms with Crippen molar-refractivity contribution in [3.8, 4) is 0 Å². The molecule has 0 bridgehead atoms. The smallest absolute Gasteiger partial charge is 0.226 e. The third-order valence-electron chi connectivity index (χ3n) is 2.55. The second-order valence-electron chi connectivity index (χ2n) is 4.14. The summed E-state index contributed by atoms with van der Waals surface area (Å²) in [5.74, 6) is -1.82. The zero-order chi connectivity index (χ0) is 13.8. The molecule has 0 aliphatic heterocycles. The topological polar surface area (TPSA) is 46.9 Å². The Kier molecular flexibility index (Phi) is 3.89. The number of carbonyl (C=O) groups excluding carboxylic acids is 1. The van der Waals surface area contributed by atoms with Crippen molar-refractivity contribution in [1.82, 2.24) is 9.78 Å². The number of halogens is 2. The average molecular weight is 265 g/mol. The van der Waals surface area contributed by atoms with Crippen LogP contribution in [0.2, 0.25) is 0 Å². The average Bonchev–Trinajstić information content (AvgIpc) is 2.76. The van der Waals surface area contributed by atoms with Gasteiger partial charge in [0.15, 0.2) is 0 Å². The Balaban J connectivity index is 1.90. The van der Waals surface area contributed by atoms with Gasteiger partial charge in [0.1, 0.15) is 11.6 Å². The molecule has 2 aromatic rings. The van der Waals surface area contributed by atoms with Gasteiger partial charge < -0.3 is 5.32 Å². The van der Waals surface area contributed by atoms with Gasteiger partial charge in [-0.3, -0.25) is 9.48 Å². The van der Waals surface area contributed by atoms with E-state index in [-0.39, 0.29) is 18.0 Å². The number of aromatic nitrogens is 2. The van der Waals surface area contributed by atoms with Gasteiger partial charge in [-0.1, -0.05) is 0 Å². The van der Waals surface area contributed by atoms with Crippen LogP contribution in [0.25, 0.3) is 0 Å². The summed E-state index contributed by atoms with van der Waals surface area (Å²) in [6.07, 6.45) is 1.93. The predicted molar refractivity (Wildman–Crippen MR) is 66.6 cm³/mol. The Hall–Kier alpha value is -2.24. The quantitative estimate of drug-likeness (QED) is 0.923. The number of aryl methyl sites for hydroxylation is 2. The molecule has 1 N–H and O–H groups in total. The lowest BCUT2D eigenvalue weighted by Crippen LogP contribution is -2.15. The normalized spacial score (nSPS) is 10.5. The van der Waals surface area contributed by atoms with E-state index in [2.05, 4.69) is 10.4 Å². The number of nitrogens with zero attached hydrogens (tertiary/aromatic N) is 2. The maximum Gasteiger partial charge on any atom is 0.226 e. The maximum atomic E-state index is 13.3. The molecule has 0 spiro atoms. The van der Waals surface area contributed by atoms with Crippen LogP contribution in [0.1, 0.15) is 12.1 Å². The number of hydrogen-bond donors (Lipinski definition) is 1. The molecule has 19 heavy (non-hydrogen) atoms. The summed E-state index contributed by atoms with van der Waals surface area (Å²) >= 11 is 0. The fraction of sp³-hybridized carbons (Fsp3) is 0.231. The molecule has 2 rings (SSSR count). The summed E-state index contributed by atoms with van der Waals surface area (Å²) in [4.78, 5) is 11.6. The van der Waals surface area contributed by atoms with Crippen molar-refractivity contribution < 1.29 is 13.6 Å². The zero-order valence-electron chi connectivity index (χ0n) is 10.4. The van der Waals surface area contributed by atoms with Crippen molar-refractivity contribution in [3.63, 3.8) is 0 Å². The van der Waals surface area contributed by atoms with Gasteiger partial charge in [0.05, 0.1) is 11.4 Å². The molecule has 4 nitrogen and oxygen atoms in total. The highest BCUT2D eigenvalue weighted by molar-refractivity contribution is 5.90. The van der Waals surface area contributed by atoms with Gasteiger partial charge in [0.2, 0.25) is 5.91 Å². The molecule has 0 unspecified atom stereocenters. The van der Waals surface area contributed by atoms with Gasteiger partial charge in [-0.05, 0) is 25.1 Å². The first kappa shape index (κ1) is 13.2. The van der Waals surface area contributed by atoms with Crippen LogP contribution in [-0.4, -0.2) is 15.7 Å². The minimum atomic E-state index is -0.789. The van der Waals surface area contributed by atoms with Crippen LogP contribution in [-0.2, 0) is 11.3 Å². The molecule has 1 aromatic heterocycles. The molecule has 0 saturated carbocycles. The second kappa shape index (κ2) is 5.60. The van der Waals surface area contributed by atoms with Crippen molar-refractivity contribution in [2.45, 2.75) is 19.9 Å². The lowest BCUT2D eigenvalue weighted by Gasteiger charge is -2.06. The molecule has 6 heteroatoms. The lowest BCUT2D eigenvalue weighted by molar-refractivity contribution is -0.116. The standard InChI is InChI=1S/C13H13F2N3O/c1-9-4-6-18(17-9)7-5-13(19)16-12-3-2-10(14)8-11(12)15/h2-4,6,8H,5,7H2,1H3,(H,16,19). The summed E-state index contributed by atoms with van der Waals surface area (Å²) in [7, 11) is 0. The number of anilines is 1. The molecule has 1 amide bonds. The molecular weight excluding hydrogens is 252 g/mol. The molecule has 0 radical (unpaired) electrons. The van der Waals surface area contributed by atoms with E-state index < -0.39 is 11.6 Å². The molecule has 1 heterocycles. The minimum absolute atomic E-state index is 0.0250. The number of carbonyl (C=O) groups is 1. The van der Waals surface area contributed by atoms with Gasteiger partial charge >= 0.3 is 0 Å². The van der Waals surface area contributed by atoms with E-state index in [9.17, 15) is 13.6 Å². The van der Waals surface area contributed by atoms with Crippen LogP contribution in [0.5, 0.6) is 0 Å². The van der Waals surface area contributed by atoms with Crippen molar-refractivity contribution >= 4 is 11.6 Å². The van der Waals surface area contributed by atoms with Gasteiger partial charge in [-0.2, -0.15) is 5.10 Å². The minimum Gasteiger partial charge on any atom is -0.324 e. The van der Waals surface area contributed by atoms with Gasteiger partial charge in [-0.25, -0.2) is 8.78 Å². The summed E-state index contributed by atoms with van der Waals surface area (Å²) in [6, 6.07) is 4.85. The summed E-state index contributed by atoms with van der Waals surface area (Å²) in [5, 5.41) is 6.52. The van der Waals surface area contributed by atoms with E-state index in [1.54, 1.807) is 10.9 Å². The van der Waals surface area contributed by atoms with Gasteiger partial charge in [0.25, 0.3) is 0 Å². The lowest BCUT2D eigenvalue weighted by atomic mass is 10.3. The number of hydrogen-bond acceptors (Lipinski definition) is 2. The van der Waals surface area contributed by atoms with Crippen LogP contribution in [0.15, 0.2) is 30.5 Å². The van der Waals surface area contributed by atoms with Crippen LogP contribution in [0.4, 0.5) is 14.5 Å². The highest BCUT2D eigenvalue weighted by atomic mass is 19.1. The predicted octanol–water partition coefficient (Wildman–Crippen LogP) is 2.50. The maximum absolute atomic E-state index is 13.3. The fourth-order valence-electron chi connectivity index (χ4n) is 1.61. The molecule has 100 valence electrons. The molecule has 0 fully saturated rings. The SMILES string of the molecule is Cc1ccn(CCC(=O)Nc2ccc(F)cc2F)n1. The Morgan fingerprint density at radius 3 is 2.79 bits per heavy atom. The first-order valence-electron chi connectivity index (χ1n) is 5.79. The third kappa shape index (κ3) is 3.61. The van der Waals surface area contributed by atoms with Crippen LogP contribution in [0, 0.1) is 18.6 Å². The second-order valence-corrected chi connectivity index (χ2v) is 4.14.